The Morgan fingerprint density at radius 1 is 0.857 bits per heavy atom. The highest BCUT2D eigenvalue weighted by atomic mass is 32.1. The SMILES string of the molecule is Cc1ccc(-c2nc(-c3ccc(-c4noc(-c5ccccn5)n4)cc3)cs2)s1. The summed E-state index contributed by atoms with van der Waals surface area (Å²) in [6, 6.07) is 17.9. The van der Waals surface area contributed by atoms with Crippen molar-refractivity contribution >= 4 is 22.7 Å². The lowest BCUT2D eigenvalue weighted by atomic mass is 10.1. The molecule has 0 saturated heterocycles. The molecule has 0 aliphatic carbocycles. The van der Waals surface area contributed by atoms with Crippen molar-refractivity contribution in [2.24, 2.45) is 0 Å². The quantitative estimate of drug-likeness (QED) is 0.371. The zero-order chi connectivity index (χ0) is 18.9. The van der Waals surface area contributed by atoms with E-state index in [9.17, 15) is 0 Å². The number of hydrogen-bond acceptors (Lipinski definition) is 7. The van der Waals surface area contributed by atoms with Crippen LogP contribution >= 0.6 is 22.7 Å². The van der Waals surface area contributed by atoms with Gasteiger partial charge < -0.3 is 4.52 Å². The monoisotopic (exact) mass is 402 g/mol. The van der Waals surface area contributed by atoms with E-state index >= 15 is 0 Å². The van der Waals surface area contributed by atoms with E-state index in [2.05, 4.69) is 39.6 Å². The molecule has 0 spiro atoms. The van der Waals surface area contributed by atoms with Crippen LogP contribution in [0.15, 0.2) is 70.7 Å². The van der Waals surface area contributed by atoms with Crippen LogP contribution in [0.2, 0.25) is 0 Å². The first-order chi connectivity index (χ1) is 13.8. The van der Waals surface area contributed by atoms with E-state index in [0.717, 1.165) is 21.8 Å². The Bertz CT molecular complexity index is 1220. The van der Waals surface area contributed by atoms with Crippen LogP contribution in [0.5, 0.6) is 0 Å². The number of nitrogens with zero attached hydrogens (tertiary/aromatic N) is 4. The molecule has 5 aromatic rings. The molecule has 4 heterocycles. The Balaban J connectivity index is 1.39. The second-order valence-electron chi connectivity index (χ2n) is 6.16. The number of benzene rings is 1. The van der Waals surface area contributed by atoms with Crippen LogP contribution < -0.4 is 0 Å². The average Bonchev–Trinajstić information content (AvgIpc) is 3.49. The summed E-state index contributed by atoms with van der Waals surface area (Å²) in [5.41, 5.74) is 3.59. The van der Waals surface area contributed by atoms with Crippen molar-refractivity contribution in [3.63, 3.8) is 0 Å². The summed E-state index contributed by atoms with van der Waals surface area (Å²) in [5, 5.41) is 7.21. The Labute approximate surface area is 169 Å². The number of aromatic nitrogens is 4. The predicted molar refractivity (Wildman–Crippen MR) is 112 cm³/mol. The van der Waals surface area contributed by atoms with Crippen LogP contribution in [-0.2, 0) is 0 Å². The molecule has 7 heteroatoms. The Kier molecular flexibility index (Phi) is 4.31. The maximum absolute atomic E-state index is 5.34. The molecule has 0 aliphatic heterocycles. The van der Waals surface area contributed by atoms with Gasteiger partial charge in [-0.2, -0.15) is 4.98 Å². The highest BCUT2D eigenvalue weighted by molar-refractivity contribution is 7.21. The van der Waals surface area contributed by atoms with Crippen LogP contribution in [-0.4, -0.2) is 20.1 Å². The normalized spacial score (nSPS) is 11.0. The van der Waals surface area contributed by atoms with Gasteiger partial charge in [0.05, 0.1) is 10.6 Å². The number of hydrogen-bond donors (Lipinski definition) is 0. The predicted octanol–water partition coefficient (Wildman–Crippen LogP) is 5.96. The van der Waals surface area contributed by atoms with Crippen molar-refractivity contribution in [3.8, 4) is 44.1 Å². The Hall–Kier alpha value is -3.16. The van der Waals surface area contributed by atoms with E-state index in [1.165, 1.54) is 9.75 Å². The summed E-state index contributed by atoms with van der Waals surface area (Å²) in [7, 11) is 0. The summed E-state index contributed by atoms with van der Waals surface area (Å²) in [5.74, 6) is 0.954. The van der Waals surface area contributed by atoms with Crippen molar-refractivity contribution < 1.29 is 4.52 Å². The largest absolute Gasteiger partial charge is 0.332 e. The third-order valence-corrected chi connectivity index (χ3v) is 6.22. The zero-order valence-electron chi connectivity index (χ0n) is 14.9. The van der Waals surface area contributed by atoms with Gasteiger partial charge in [0.25, 0.3) is 5.89 Å². The Morgan fingerprint density at radius 3 is 2.46 bits per heavy atom. The molecular weight excluding hydrogens is 388 g/mol. The third-order valence-electron chi connectivity index (χ3n) is 4.20. The molecule has 5 rings (SSSR count). The van der Waals surface area contributed by atoms with Crippen LogP contribution in [0.25, 0.3) is 44.1 Å². The van der Waals surface area contributed by atoms with Gasteiger partial charge in [-0.25, -0.2) is 4.98 Å². The van der Waals surface area contributed by atoms with Gasteiger partial charge in [-0.05, 0) is 31.2 Å². The summed E-state index contributed by atoms with van der Waals surface area (Å²) >= 11 is 3.43. The molecule has 0 N–H and O–H groups in total. The van der Waals surface area contributed by atoms with Crippen molar-refractivity contribution in [1.29, 1.82) is 0 Å². The lowest BCUT2D eigenvalue weighted by molar-refractivity contribution is 0.431. The van der Waals surface area contributed by atoms with E-state index < -0.39 is 0 Å². The second kappa shape index (κ2) is 7.10. The topological polar surface area (TPSA) is 64.7 Å². The van der Waals surface area contributed by atoms with Crippen molar-refractivity contribution in [2.75, 3.05) is 0 Å². The molecule has 0 saturated carbocycles. The first-order valence-corrected chi connectivity index (χ1v) is 10.3. The fourth-order valence-electron chi connectivity index (χ4n) is 2.79. The van der Waals surface area contributed by atoms with Crippen molar-refractivity contribution in [1.82, 2.24) is 20.1 Å². The first kappa shape index (κ1) is 17.0. The van der Waals surface area contributed by atoms with Gasteiger partial charge in [-0.3, -0.25) is 4.98 Å². The van der Waals surface area contributed by atoms with Gasteiger partial charge >= 0.3 is 0 Å². The smallest absolute Gasteiger partial charge is 0.276 e. The summed E-state index contributed by atoms with van der Waals surface area (Å²) in [4.78, 5) is 16.0. The molecule has 5 nitrogen and oxygen atoms in total. The molecule has 0 unspecified atom stereocenters. The average molecular weight is 403 g/mol. The molecule has 0 radical (unpaired) electrons. The van der Waals surface area contributed by atoms with Gasteiger partial charge in [0, 0.05) is 27.6 Å². The fourth-order valence-corrected chi connectivity index (χ4v) is 4.56. The molecule has 1 aromatic carbocycles. The Morgan fingerprint density at radius 2 is 1.71 bits per heavy atom. The van der Waals surface area contributed by atoms with E-state index in [-0.39, 0.29) is 0 Å². The number of aryl methyl sites for hydroxylation is 1. The molecule has 136 valence electrons. The van der Waals surface area contributed by atoms with Crippen molar-refractivity contribution in [2.45, 2.75) is 6.92 Å². The van der Waals surface area contributed by atoms with E-state index in [4.69, 9.17) is 9.51 Å². The van der Waals surface area contributed by atoms with Crippen LogP contribution in [0.4, 0.5) is 0 Å². The van der Waals surface area contributed by atoms with E-state index in [0.29, 0.717) is 17.4 Å². The van der Waals surface area contributed by atoms with E-state index in [1.807, 2.05) is 42.5 Å². The molecule has 4 aromatic heterocycles. The molecule has 0 atom stereocenters. The maximum atomic E-state index is 5.34. The minimum Gasteiger partial charge on any atom is -0.332 e. The van der Waals surface area contributed by atoms with Gasteiger partial charge in [0.2, 0.25) is 5.82 Å². The second-order valence-corrected chi connectivity index (χ2v) is 8.31. The molecule has 0 amide bonds. The molecular formula is C21H14N4OS2. The highest BCUT2D eigenvalue weighted by Gasteiger charge is 2.12. The minimum atomic E-state index is 0.412. The molecule has 0 bridgehead atoms. The molecule has 0 fully saturated rings. The fraction of sp³-hybridized carbons (Fsp3) is 0.0476. The van der Waals surface area contributed by atoms with Gasteiger partial charge in [0.15, 0.2) is 0 Å². The number of thiophene rings is 1. The standard InChI is InChI=1S/C21H14N4OS2/c1-13-5-10-18(28-13)21-23-17(12-27-21)14-6-8-15(9-7-14)19-24-20(26-25-19)16-4-2-3-11-22-16/h2-12H,1H3. The first-order valence-electron chi connectivity index (χ1n) is 8.64. The van der Waals surface area contributed by atoms with Gasteiger partial charge in [-0.1, -0.05) is 35.5 Å². The number of rotatable bonds is 4. The maximum Gasteiger partial charge on any atom is 0.276 e. The van der Waals surface area contributed by atoms with Crippen molar-refractivity contribution in [3.05, 3.63) is 71.1 Å². The lowest BCUT2D eigenvalue weighted by Crippen LogP contribution is -1.84. The zero-order valence-corrected chi connectivity index (χ0v) is 16.5. The number of pyridine rings is 1. The number of thiazole rings is 1. The highest BCUT2D eigenvalue weighted by Crippen LogP contribution is 2.33. The molecule has 28 heavy (non-hydrogen) atoms. The summed E-state index contributed by atoms with van der Waals surface area (Å²) < 4.78 is 5.34. The summed E-state index contributed by atoms with van der Waals surface area (Å²) in [6.07, 6.45) is 1.70. The third kappa shape index (κ3) is 3.26. The van der Waals surface area contributed by atoms with E-state index in [1.54, 1.807) is 28.9 Å². The van der Waals surface area contributed by atoms with Crippen LogP contribution in [0.1, 0.15) is 4.88 Å². The van der Waals surface area contributed by atoms with Crippen LogP contribution in [0.3, 0.4) is 0 Å². The summed E-state index contributed by atoms with van der Waals surface area (Å²) in [6.45, 7) is 2.11. The molecule has 0 aliphatic rings. The van der Waals surface area contributed by atoms with Gasteiger partial charge in [-0.15, -0.1) is 22.7 Å². The lowest BCUT2D eigenvalue weighted by Gasteiger charge is -1.98. The van der Waals surface area contributed by atoms with Gasteiger partial charge in [0.1, 0.15) is 10.7 Å². The minimum absolute atomic E-state index is 0.412. The van der Waals surface area contributed by atoms with Crippen LogP contribution in [0, 0.1) is 6.92 Å².